The fourth-order valence-electron chi connectivity index (χ4n) is 2.36. The fourth-order valence-corrected chi connectivity index (χ4v) is 2.36. The van der Waals surface area contributed by atoms with Crippen LogP contribution in [0.5, 0.6) is 0 Å². The van der Waals surface area contributed by atoms with Gasteiger partial charge < -0.3 is 15.4 Å². The Labute approximate surface area is 135 Å². The number of primary amides is 1. The minimum atomic E-state index is -0.400. The second-order valence-corrected chi connectivity index (χ2v) is 4.60. The molecule has 0 radical (unpaired) electrons. The molecular formula is C16H20ClN3O2. The normalized spacial score (nSPS) is 12.2. The number of benzene rings is 1. The van der Waals surface area contributed by atoms with Crippen LogP contribution in [0.15, 0.2) is 42.9 Å². The zero-order valence-corrected chi connectivity index (χ0v) is 13.2. The number of carbonyl (C=O) groups is 1. The number of fused-ring (bicyclic) bond motifs is 1. The first-order valence-corrected chi connectivity index (χ1v) is 6.89. The molecule has 0 bridgehead atoms. The van der Waals surface area contributed by atoms with E-state index in [0.717, 1.165) is 29.8 Å². The molecule has 5 nitrogen and oxygen atoms in total. The van der Waals surface area contributed by atoms with Crippen molar-refractivity contribution < 1.29 is 9.90 Å². The van der Waals surface area contributed by atoms with E-state index in [2.05, 4.69) is 15.6 Å². The minimum absolute atomic E-state index is 0. The Kier molecular flexibility index (Phi) is 6.82. The van der Waals surface area contributed by atoms with Crippen molar-refractivity contribution in [1.82, 2.24) is 9.55 Å². The van der Waals surface area contributed by atoms with Gasteiger partial charge in [-0.05, 0) is 25.0 Å². The molecule has 22 heavy (non-hydrogen) atoms. The maximum atomic E-state index is 11.5. The average molecular weight is 322 g/mol. The number of hydrogen-bond acceptors (Lipinski definition) is 3. The number of aromatic nitrogens is 2. The molecule has 3 rings (SSSR count). The number of hydrogen-bond donors (Lipinski definition) is 2. The molecule has 0 fully saturated rings. The topological polar surface area (TPSA) is 81.1 Å². The van der Waals surface area contributed by atoms with E-state index in [1.807, 2.05) is 30.7 Å². The summed E-state index contributed by atoms with van der Waals surface area (Å²) in [5.41, 5.74) is 8.94. The summed E-state index contributed by atoms with van der Waals surface area (Å²) in [6.45, 7) is 2.86. The molecule has 1 aromatic carbocycles. The molecule has 0 aliphatic carbocycles. The molecular weight excluding hydrogens is 302 g/mol. The smallest absolute Gasteiger partial charge is 0.249 e. The van der Waals surface area contributed by atoms with Gasteiger partial charge in [-0.3, -0.25) is 4.79 Å². The molecule has 1 aliphatic rings. The van der Waals surface area contributed by atoms with Gasteiger partial charge in [-0.15, -0.1) is 12.4 Å². The minimum Gasteiger partial charge on any atom is -0.397 e. The number of allylic oxidation sites excluding steroid dienone is 1. The number of aliphatic hydroxyl groups excluding tert-OH is 1. The number of amides is 1. The predicted molar refractivity (Wildman–Crippen MR) is 88.9 cm³/mol. The van der Waals surface area contributed by atoms with Crippen LogP contribution in [-0.2, 0) is 6.54 Å². The number of rotatable bonds is 2. The van der Waals surface area contributed by atoms with Crippen molar-refractivity contribution in [3.05, 3.63) is 59.7 Å². The van der Waals surface area contributed by atoms with Gasteiger partial charge in [-0.1, -0.05) is 24.3 Å². The summed E-state index contributed by atoms with van der Waals surface area (Å²) in [6.07, 6.45) is 6.71. The summed E-state index contributed by atoms with van der Waals surface area (Å²) in [5, 5.41) is 7.57. The van der Waals surface area contributed by atoms with Crippen molar-refractivity contribution in [2.24, 2.45) is 5.73 Å². The quantitative estimate of drug-likeness (QED) is 0.890. The van der Waals surface area contributed by atoms with Gasteiger partial charge in [-0.2, -0.15) is 0 Å². The van der Waals surface area contributed by atoms with Crippen molar-refractivity contribution in [2.45, 2.75) is 19.9 Å². The third-order valence-corrected chi connectivity index (χ3v) is 3.19. The van der Waals surface area contributed by atoms with E-state index in [0.29, 0.717) is 5.56 Å². The van der Waals surface area contributed by atoms with E-state index in [-0.39, 0.29) is 19.0 Å². The van der Waals surface area contributed by atoms with Crippen LogP contribution >= 0.6 is 12.4 Å². The van der Waals surface area contributed by atoms with Crippen LogP contribution in [0.1, 0.15) is 35.0 Å². The number of nitrogens with zero attached hydrogens (tertiary/aromatic N) is 2. The van der Waals surface area contributed by atoms with Crippen LogP contribution in [0.2, 0.25) is 0 Å². The molecule has 1 aromatic heterocycles. The van der Waals surface area contributed by atoms with E-state index in [1.165, 1.54) is 0 Å². The molecule has 3 N–H and O–H groups in total. The second-order valence-electron chi connectivity index (χ2n) is 4.60. The molecule has 0 spiro atoms. The second kappa shape index (κ2) is 8.36. The number of halogens is 1. The van der Waals surface area contributed by atoms with E-state index >= 15 is 0 Å². The van der Waals surface area contributed by atoms with Gasteiger partial charge in [-0.25, -0.2) is 4.98 Å². The lowest BCUT2D eigenvalue weighted by Gasteiger charge is -2.17. The maximum Gasteiger partial charge on any atom is 0.249 e. The van der Waals surface area contributed by atoms with E-state index in [9.17, 15) is 4.79 Å². The van der Waals surface area contributed by atoms with Crippen LogP contribution in [0, 0.1) is 0 Å². The van der Waals surface area contributed by atoms with Gasteiger partial charge in [0, 0.05) is 24.3 Å². The number of carbonyl (C=O) groups excluding carboxylic acids is 1. The summed E-state index contributed by atoms with van der Waals surface area (Å²) < 4.78 is 2.09. The van der Waals surface area contributed by atoms with Gasteiger partial charge in [0.05, 0.1) is 18.2 Å². The van der Waals surface area contributed by atoms with E-state index < -0.39 is 5.91 Å². The Morgan fingerprint density at radius 1 is 1.41 bits per heavy atom. The van der Waals surface area contributed by atoms with Gasteiger partial charge in [0.15, 0.2) is 0 Å². The zero-order chi connectivity index (χ0) is 15.2. The zero-order valence-electron chi connectivity index (χ0n) is 12.4. The fraction of sp³-hybridized carbons (Fsp3) is 0.250. The Balaban J connectivity index is 0.000000562. The molecule has 2 heterocycles. The number of aryl methyl sites for hydroxylation is 1. The van der Waals surface area contributed by atoms with Gasteiger partial charge in [0.2, 0.25) is 5.91 Å². The lowest BCUT2D eigenvalue weighted by Crippen LogP contribution is -2.15. The first-order valence-electron chi connectivity index (χ1n) is 6.89. The molecule has 6 heteroatoms. The highest BCUT2D eigenvalue weighted by Crippen LogP contribution is 2.29. The number of imidazole rings is 1. The lowest BCUT2D eigenvalue weighted by atomic mass is 9.95. The van der Waals surface area contributed by atoms with Crippen molar-refractivity contribution in [3.8, 4) is 0 Å². The van der Waals surface area contributed by atoms with Crippen LogP contribution in [0.25, 0.3) is 5.57 Å². The molecule has 0 unspecified atom stereocenters. The van der Waals surface area contributed by atoms with Crippen molar-refractivity contribution in [2.75, 3.05) is 6.61 Å². The number of aliphatic hydroxyl groups is 1. The average Bonchev–Trinajstić information content (AvgIpc) is 2.96. The highest BCUT2D eigenvalue weighted by Gasteiger charge is 2.18. The molecule has 0 atom stereocenters. The SMILES string of the molecule is CCO.Cl.NC(=O)c1ccccc1C1=CCCn2cncc21. The number of nitrogens with two attached hydrogens (primary N) is 1. The molecule has 0 saturated heterocycles. The molecule has 1 aliphatic heterocycles. The highest BCUT2D eigenvalue weighted by atomic mass is 35.5. The van der Waals surface area contributed by atoms with Crippen LogP contribution in [0.3, 0.4) is 0 Å². The first kappa shape index (κ1) is 17.9. The van der Waals surface area contributed by atoms with Gasteiger partial charge >= 0.3 is 0 Å². The summed E-state index contributed by atoms with van der Waals surface area (Å²) in [5.74, 6) is -0.400. The standard InChI is InChI=1S/C14H13N3O.C2H6O.ClH/c15-14(18)12-5-2-1-4-10(12)11-6-3-7-17-9-16-8-13(11)17;1-2-3;/h1-2,4-6,8-9H,3,7H2,(H2,15,18);3H,2H2,1H3;1H. The predicted octanol–water partition coefficient (Wildman–Crippen LogP) is 2.24. The Hall–Kier alpha value is -2.11. The highest BCUT2D eigenvalue weighted by molar-refractivity contribution is 5.99. The first-order chi connectivity index (χ1) is 10.2. The van der Waals surface area contributed by atoms with E-state index in [1.54, 1.807) is 13.0 Å². The monoisotopic (exact) mass is 321 g/mol. The Morgan fingerprint density at radius 2 is 2.09 bits per heavy atom. The third kappa shape index (κ3) is 3.75. The molecule has 0 saturated carbocycles. The summed E-state index contributed by atoms with van der Waals surface area (Å²) in [7, 11) is 0. The molecule has 2 aromatic rings. The maximum absolute atomic E-state index is 11.5. The molecule has 1 amide bonds. The molecule has 118 valence electrons. The lowest BCUT2D eigenvalue weighted by molar-refractivity contribution is 0.1000. The van der Waals surface area contributed by atoms with Crippen molar-refractivity contribution in [1.29, 1.82) is 0 Å². The third-order valence-electron chi connectivity index (χ3n) is 3.19. The summed E-state index contributed by atoms with van der Waals surface area (Å²) >= 11 is 0. The van der Waals surface area contributed by atoms with Gasteiger partial charge in [0.25, 0.3) is 0 Å². The summed E-state index contributed by atoms with van der Waals surface area (Å²) in [4.78, 5) is 15.6. The van der Waals surface area contributed by atoms with Crippen LogP contribution in [0.4, 0.5) is 0 Å². The van der Waals surface area contributed by atoms with Crippen LogP contribution in [-0.4, -0.2) is 27.2 Å². The van der Waals surface area contributed by atoms with E-state index in [4.69, 9.17) is 10.8 Å². The largest absolute Gasteiger partial charge is 0.397 e. The van der Waals surface area contributed by atoms with Crippen molar-refractivity contribution >= 4 is 23.9 Å². The van der Waals surface area contributed by atoms with Crippen LogP contribution < -0.4 is 5.73 Å². The summed E-state index contributed by atoms with van der Waals surface area (Å²) in [6, 6.07) is 7.42. The Morgan fingerprint density at radius 3 is 2.77 bits per heavy atom. The van der Waals surface area contributed by atoms with Crippen molar-refractivity contribution in [3.63, 3.8) is 0 Å². The van der Waals surface area contributed by atoms with Gasteiger partial charge in [0.1, 0.15) is 0 Å². The Bertz CT molecular complexity index is 665.